The lowest BCUT2D eigenvalue weighted by Gasteiger charge is -2.28. The van der Waals surface area contributed by atoms with E-state index in [4.69, 9.17) is 39.2 Å². The van der Waals surface area contributed by atoms with Crippen LogP contribution < -0.4 is 55.8 Å². The second kappa shape index (κ2) is 33.8. The summed E-state index contributed by atoms with van der Waals surface area (Å²) < 4.78 is 33.2. The molecule has 9 aromatic rings. The molecule has 0 atom stereocenters. The lowest BCUT2D eigenvalue weighted by molar-refractivity contribution is -0.143. The van der Waals surface area contributed by atoms with Gasteiger partial charge in [0.15, 0.2) is 0 Å². The molecule has 3 heterocycles. The Morgan fingerprint density at radius 1 is 0.467 bits per heavy atom. The van der Waals surface area contributed by atoms with Gasteiger partial charge in [-0.2, -0.15) is 15.3 Å². The van der Waals surface area contributed by atoms with E-state index in [9.17, 15) is 52.2 Å². The Morgan fingerprint density at radius 2 is 0.848 bits per heavy atom. The maximum Gasteiger partial charge on any atom is 0.306 e. The summed E-state index contributed by atoms with van der Waals surface area (Å²) in [5.41, 5.74) is 47.2. The number of amides is 7. The number of aliphatic carboxylic acids is 1. The smallest absolute Gasteiger partial charge is 0.306 e. The van der Waals surface area contributed by atoms with Gasteiger partial charge in [0.25, 0.3) is 35.4 Å². The summed E-state index contributed by atoms with van der Waals surface area (Å²) in [5.74, 6) is -4.77. The van der Waals surface area contributed by atoms with Gasteiger partial charge in [-0.1, -0.05) is 116 Å². The quantitative estimate of drug-likeness (QED) is 0.0298. The first-order valence-corrected chi connectivity index (χ1v) is 34.6. The third-order valence-corrected chi connectivity index (χ3v) is 19.6. The van der Waals surface area contributed by atoms with Gasteiger partial charge < -0.3 is 55.5 Å². The molecule has 28 heteroatoms. The largest absolute Gasteiger partial charge is 0.481 e. The summed E-state index contributed by atoms with van der Waals surface area (Å²) >= 11 is 0. The number of carbonyl (C=O) groups excluding carboxylic acids is 7. The number of carbonyl (C=O) groups is 8. The van der Waals surface area contributed by atoms with Crippen molar-refractivity contribution in [3.63, 3.8) is 0 Å². The summed E-state index contributed by atoms with van der Waals surface area (Å²) in [4.78, 5) is 102. The third-order valence-electron chi connectivity index (χ3n) is 19.6. The Kier molecular flexibility index (Phi) is 24.3. The third kappa shape index (κ3) is 17.7. The number of nitrogen functional groups attached to an aromatic ring is 3. The summed E-state index contributed by atoms with van der Waals surface area (Å²) in [7, 11) is 1.41. The van der Waals surface area contributed by atoms with Crippen molar-refractivity contribution in [2.24, 2.45) is 29.0 Å². The van der Waals surface area contributed by atoms with Crippen molar-refractivity contribution in [1.29, 1.82) is 0 Å². The molecular formula is C77H86F2N16O10. The highest BCUT2D eigenvalue weighted by Crippen LogP contribution is 2.40. The summed E-state index contributed by atoms with van der Waals surface area (Å²) in [6.07, 6.45) is 8.88. The van der Waals surface area contributed by atoms with Gasteiger partial charge in [0.1, 0.15) is 62.9 Å². The topological polar surface area (TPSA) is 424 Å². The van der Waals surface area contributed by atoms with Gasteiger partial charge in [0.2, 0.25) is 5.91 Å². The zero-order chi connectivity index (χ0) is 75.3. The van der Waals surface area contributed by atoms with E-state index in [0.29, 0.717) is 109 Å². The fourth-order valence-corrected chi connectivity index (χ4v) is 13.7. The van der Waals surface area contributed by atoms with Gasteiger partial charge in [-0.15, -0.1) is 0 Å². The molecule has 17 N–H and O–H groups in total. The molecule has 3 aromatic heterocycles. The normalized spacial score (nSPS) is 16.3. The first-order valence-electron chi connectivity index (χ1n) is 34.6. The molecule has 3 aliphatic carbocycles. The van der Waals surface area contributed by atoms with Crippen LogP contribution in [0.5, 0.6) is 0 Å². The van der Waals surface area contributed by atoms with Crippen LogP contribution >= 0.6 is 0 Å². The van der Waals surface area contributed by atoms with Gasteiger partial charge in [0.05, 0.1) is 31.2 Å². The van der Waals surface area contributed by atoms with Crippen LogP contribution in [0.25, 0.3) is 33.8 Å². The van der Waals surface area contributed by atoms with E-state index >= 15 is 0 Å². The summed E-state index contributed by atoms with van der Waals surface area (Å²) in [6, 6.07) is 37.8. The number of rotatable bonds is 21. The maximum absolute atomic E-state index is 14.9. The molecule has 0 spiro atoms. The number of hydrogen-bond acceptors (Lipinski definition) is 15. The predicted octanol–water partition coefficient (Wildman–Crippen LogP) is 10.0. The average Bonchev–Trinajstić information content (AvgIpc) is 1.64. The number of benzene rings is 6. The molecule has 6 aromatic carbocycles. The second-order valence-electron chi connectivity index (χ2n) is 26.5. The Bertz CT molecular complexity index is 4720. The van der Waals surface area contributed by atoms with Gasteiger partial charge in [-0.3, -0.25) is 43.2 Å². The van der Waals surface area contributed by atoms with Gasteiger partial charge in [-0.25, -0.2) is 28.3 Å². The molecule has 3 fully saturated rings. The number of nitrogens with zero attached hydrogens (tertiary/aromatic N) is 6. The van der Waals surface area contributed by atoms with Crippen LogP contribution in [0, 0.1) is 44.2 Å². The van der Waals surface area contributed by atoms with Crippen LogP contribution in [0.15, 0.2) is 133 Å². The van der Waals surface area contributed by atoms with Crippen LogP contribution in [0.3, 0.4) is 0 Å². The highest BCUT2D eigenvalue weighted by molar-refractivity contribution is 6.05. The average molecular weight is 1430 g/mol. The van der Waals surface area contributed by atoms with Crippen molar-refractivity contribution >= 4 is 64.8 Å². The number of nitrogens with two attached hydrogens (primary N) is 6. The van der Waals surface area contributed by atoms with Gasteiger partial charge >= 0.3 is 5.97 Å². The molecule has 0 saturated heterocycles. The number of hydroxylamine groups is 1. The number of hydrogen-bond donors (Lipinski definition) is 11. The van der Waals surface area contributed by atoms with Crippen molar-refractivity contribution in [3.8, 4) is 33.8 Å². The zero-order valence-electron chi connectivity index (χ0n) is 58.7. The van der Waals surface area contributed by atoms with E-state index in [0.717, 1.165) is 54.0 Å². The van der Waals surface area contributed by atoms with Crippen LogP contribution in [-0.2, 0) is 34.1 Å². The van der Waals surface area contributed by atoms with Crippen molar-refractivity contribution in [2.75, 3.05) is 24.3 Å². The van der Waals surface area contributed by atoms with E-state index in [1.165, 1.54) is 31.4 Å². The van der Waals surface area contributed by atoms with E-state index < -0.39 is 41.2 Å². The van der Waals surface area contributed by atoms with Gasteiger partial charge in [-0.05, 0) is 143 Å². The molecule has 0 aliphatic heterocycles. The molecule has 105 heavy (non-hydrogen) atoms. The predicted molar refractivity (Wildman–Crippen MR) is 391 cm³/mol. The van der Waals surface area contributed by atoms with Crippen molar-refractivity contribution in [2.45, 2.75) is 136 Å². The first kappa shape index (κ1) is 75.6. The minimum atomic E-state index is -0.786. The van der Waals surface area contributed by atoms with E-state index in [1.807, 2.05) is 98.8 Å². The van der Waals surface area contributed by atoms with E-state index in [-0.39, 0.29) is 105 Å². The number of aryl methyl sites for hydroxylation is 3. The van der Waals surface area contributed by atoms with Crippen LogP contribution in [-0.4, -0.2) is 88.9 Å². The van der Waals surface area contributed by atoms with Gasteiger partial charge in [0, 0.05) is 64.5 Å². The zero-order valence-corrected chi connectivity index (χ0v) is 58.7. The van der Waals surface area contributed by atoms with Crippen LogP contribution in [0.1, 0.15) is 191 Å². The molecule has 0 radical (unpaired) electrons. The number of aromatic nitrogens is 6. The summed E-state index contributed by atoms with van der Waals surface area (Å²) in [5, 5.41) is 31.5. The minimum absolute atomic E-state index is 0.0469. The van der Waals surface area contributed by atoms with Crippen LogP contribution in [0.4, 0.5) is 26.2 Å². The maximum atomic E-state index is 14.9. The number of primary amides is 3. The number of carboxylic acids is 1. The minimum Gasteiger partial charge on any atom is -0.481 e. The number of anilines is 3. The highest BCUT2D eigenvalue weighted by atomic mass is 19.1. The molecule has 548 valence electrons. The van der Waals surface area contributed by atoms with Crippen molar-refractivity contribution < 1.29 is 57.1 Å². The standard InChI is InChI=1S/C27H32N6O4.C26H29N5O4.C24H25F2N5O2/c1-16-5-3-4-6-21(16)27(36)30-15-17-7-9-18(10-8-17)23-22(25(29)34)24(28)33(31-23)20-13-11-19(12-14-20)26(35)32-37-2;1-15-4-2-3-5-20(15)25(33)29-14-16-6-8-17(9-7-16)22-21(24(28)32)23(27)31(30-22)19-12-10-18(11-13-19)26(34)35;1-13-6-9-16(25)11-18(13)24(33)29-12-15-8-7-14(10-19(15)26)21-20(23(28)32)22(27)31(30-21)17-4-2-3-5-17/h3-10,19-20H,11-15,28H2,1-2H3,(H2,29,34)(H,30,36)(H,32,35);2-9,18-19H,10-14,27H2,1H3,(H2,28,32)(H,29,33)(H,34,35);6-11,17H,2-5,12,27H2,1H3,(H2,28,32)(H,29,33). The van der Waals surface area contributed by atoms with Crippen molar-refractivity contribution in [3.05, 3.63) is 212 Å². The number of carboxylic acid groups (broad SMARTS) is 1. The Labute approximate surface area is 604 Å². The molecule has 12 rings (SSSR count). The molecule has 7 amide bonds. The second-order valence-corrected chi connectivity index (χ2v) is 26.5. The van der Waals surface area contributed by atoms with E-state index in [2.05, 4.69) is 36.7 Å². The molecule has 3 saturated carbocycles. The Balaban J connectivity index is 0.000000169. The van der Waals surface area contributed by atoms with Crippen LogP contribution in [0.2, 0.25) is 0 Å². The first-order chi connectivity index (χ1) is 50.3. The lowest BCUT2D eigenvalue weighted by Crippen LogP contribution is -2.33. The Hall–Kier alpha value is -12.1. The molecule has 0 unspecified atom stereocenters. The van der Waals surface area contributed by atoms with Crippen molar-refractivity contribution in [1.82, 2.24) is 50.8 Å². The molecule has 26 nitrogen and oxygen atoms in total. The molecule has 0 bridgehead atoms. The Morgan fingerprint density at radius 3 is 1.26 bits per heavy atom. The SMILES string of the molecule is CONC(=O)C1CCC(n2nc(-c3ccc(CNC(=O)c4ccccc4C)cc3)c(C(N)=O)c2N)CC1.Cc1ccc(F)cc1C(=O)NCc1ccc(-c2nn(C3CCCC3)c(N)c2C(N)=O)cc1F.Cc1ccccc1C(=O)NCc1ccc(-c2nn(C3CCC(C(=O)O)CC3)c(N)c2C(N)=O)cc1. The number of nitrogens with one attached hydrogen (secondary N) is 4. The molecule has 3 aliphatic rings. The fourth-order valence-electron chi connectivity index (χ4n) is 13.7. The summed E-state index contributed by atoms with van der Waals surface area (Å²) in [6.45, 7) is 6.09. The monoisotopic (exact) mass is 1430 g/mol. The molecular weight excluding hydrogens is 1350 g/mol. The number of halogens is 2. The highest BCUT2D eigenvalue weighted by Gasteiger charge is 2.34. The lowest BCUT2D eigenvalue weighted by atomic mass is 9.85. The van der Waals surface area contributed by atoms with E-state index in [1.54, 1.807) is 39.2 Å². The fraction of sp³-hybridized carbons (Fsp3) is 0.312.